The number of methoxy groups -OCH3 is 1. The van der Waals surface area contributed by atoms with Gasteiger partial charge in [-0.25, -0.2) is 0 Å². The van der Waals surface area contributed by atoms with E-state index in [0.717, 1.165) is 12.3 Å². The molecule has 110 valence electrons. The third-order valence-electron chi connectivity index (χ3n) is 4.39. The largest absolute Gasteiger partial charge is 0.496 e. The van der Waals surface area contributed by atoms with Gasteiger partial charge in [0.15, 0.2) is 0 Å². The summed E-state index contributed by atoms with van der Waals surface area (Å²) in [6, 6.07) is 19.6. The van der Waals surface area contributed by atoms with E-state index in [0.29, 0.717) is 17.9 Å². The van der Waals surface area contributed by atoms with Gasteiger partial charge in [-0.1, -0.05) is 55.5 Å². The van der Waals surface area contributed by atoms with Crippen molar-refractivity contribution < 1.29 is 4.74 Å². The molecule has 2 aromatic carbocycles. The van der Waals surface area contributed by atoms with Crippen LogP contribution < -0.4 is 10.1 Å². The highest BCUT2D eigenvalue weighted by atomic mass is 16.5. The van der Waals surface area contributed by atoms with Gasteiger partial charge in [-0.3, -0.25) is 0 Å². The van der Waals surface area contributed by atoms with Crippen LogP contribution in [0.25, 0.3) is 0 Å². The van der Waals surface area contributed by atoms with E-state index < -0.39 is 0 Å². The van der Waals surface area contributed by atoms with Gasteiger partial charge < -0.3 is 10.1 Å². The van der Waals surface area contributed by atoms with Crippen LogP contribution in [0.4, 0.5) is 0 Å². The first kappa shape index (κ1) is 14.2. The Labute approximate surface area is 127 Å². The monoisotopic (exact) mass is 281 g/mol. The molecule has 0 bridgehead atoms. The molecule has 2 nitrogen and oxygen atoms in total. The third-order valence-corrected chi connectivity index (χ3v) is 4.39. The topological polar surface area (TPSA) is 21.3 Å². The molecule has 0 amide bonds. The Morgan fingerprint density at radius 3 is 2.52 bits per heavy atom. The molecule has 0 saturated heterocycles. The maximum atomic E-state index is 5.55. The van der Waals surface area contributed by atoms with Crippen LogP contribution in [0.3, 0.4) is 0 Å². The van der Waals surface area contributed by atoms with E-state index >= 15 is 0 Å². The Bertz CT molecular complexity index is 581. The fourth-order valence-electron chi connectivity index (χ4n) is 3.30. The number of nitrogens with one attached hydrogen (secondary N) is 1. The third kappa shape index (κ3) is 2.96. The Morgan fingerprint density at radius 2 is 1.81 bits per heavy atom. The lowest BCUT2D eigenvalue weighted by Gasteiger charge is -2.21. The van der Waals surface area contributed by atoms with Gasteiger partial charge in [0.1, 0.15) is 5.75 Å². The van der Waals surface area contributed by atoms with Gasteiger partial charge in [-0.05, 0) is 36.4 Å². The van der Waals surface area contributed by atoms with Crippen molar-refractivity contribution in [2.45, 2.75) is 25.3 Å². The molecule has 1 aliphatic rings. The minimum absolute atomic E-state index is 0.372. The zero-order valence-corrected chi connectivity index (χ0v) is 12.8. The minimum Gasteiger partial charge on any atom is -0.496 e. The van der Waals surface area contributed by atoms with E-state index in [1.54, 1.807) is 7.11 Å². The lowest BCUT2D eigenvalue weighted by Crippen LogP contribution is -2.23. The van der Waals surface area contributed by atoms with Crippen molar-refractivity contribution in [2.24, 2.45) is 5.92 Å². The van der Waals surface area contributed by atoms with Crippen molar-refractivity contribution in [1.82, 2.24) is 5.32 Å². The van der Waals surface area contributed by atoms with E-state index in [-0.39, 0.29) is 0 Å². The summed E-state index contributed by atoms with van der Waals surface area (Å²) in [4.78, 5) is 0. The molecule has 3 unspecified atom stereocenters. The van der Waals surface area contributed by atoms with E-state index in [2.05, 4.69) is 60.8 Å². The summed E-state index contributed by atoms with van der Waals surface area (Å²) >= 11 is 0. The summed E-state index contributed by atoms with van der Waals surface area (Å²) in [7, 11) is 1.75. The molecule has 0 radical (unpaired) electrons. The minimum atomic E-state index is 0.372. The van der Waals surface area contributed by atoms with Gasteiger partial charge in [0.2, 0.25) is 0 Å². The summed E-state index contributed by atoms with van der Waals surface area (Å²) in [6.45, 7) is 3.14. The molecule has 1 aliphatic carbocycles. The molecule has 1 N–H and O–H groups in total. The number of hydrogen-bond acceptors (Lipinski definition) is 2. The summed E-state index contributed by atoms with van der Waals surface area (Å²) in [5.41, 5.74) is 2.74. The predicted octanol–water partition coefficient (Wildman–Crippen LogP) is 4.15. The number of para-hydroxylation sites is 1. The summed E-state index contributed by atoms with van der Waals surface area (Å²) < 4.78 is 5.55. The zero-order valence-electron chi connectivity index (χ0n) is 12.8. The van der Waals surface area contributed by atoms with Crippen LogP contribution in [0.2, 0.25) is 0 Å². The van der Waals surface area contributed by atoms with Crippen molar-refractivity contribution in [3.63, 3.8) is 0 Å². The average Bonchev–Trinajstić information content (AvgIpc) is 3.34. The highest BCUT2D eigenvalue weighted by Gasteiger charge is 2.44. The van der Waals surface area contributed by atoms with Crippen molar-refractivity contribution in [1.29, 1.82) is 0 Å². The molecule has 0 aliphatic heterocycles. The van der Waals surface area contributed by atoms with Crippen LogP contribution in [0.15, 0.2) is 54.6 Å². The van der Waals surface area contributed by atoms with Crippen molar-refractivity contribution in [2.75, 3.05) is 13.7 Å². The molecular weight excluding hydrogens is 258 g/mol. The molecule has 1 fully saturated rings. The molecule has 3 atom stereocenters. The van der Waals surface area contributed by atoms with E-state index in [1.807, 2.05) is 6.07 Å². The van der Waals surface area contributed by atoms with Gasteiger partial charge in [0, 0.05) is 11.6 Å². The Balaban J connectivity index is 1.83. The van der Waals surface area contributed by atoms with Gasteiger partial charge in [-0.2, -0.15) is 0 Å². The van der Waals surface area contributed by atoms with Crippen molar-refractivity contribution in [3.8, 4) is 5.75 Å². The molecular formula is C19H23NO. The van der Waals surface area contributed by atoms with Gasteiger partial charge in [0.05, 0.1) is 7.11 Å². The Morgan fingerprint density at radius 1 is 1.10 bits per heavy atom. The summed E-state index contributed by atoms with van der Waals surface area (Å²) in [5, 5.41) is 3.66. The van der Waals surface area contributed by atoms with Gasteiger partial charge in [-0.15, -0.1) is 0 Å². The van der Waals surface area contributed by atoms with Crippen molar-refractivity contribution in [3.05, 3.63) is 65.7 Å². The SMILES string of the molecule is CCNC(c1ccccc1OC)C1CC1c1ccccc1. The molecule has 0 aromatic heterocycles. The maximum absolute atomic E-state index is 5.55. The molecule has 3 rings (SSSR count). The number of rotatable bonds is 6. The van der Waals surface area contributed by atoms with E-state index in [9.17, 15) is 0 Å². The quantitative estimate of drug-likeness (QED) is 0.859. The van der Waals surface area contributed by atoms with Crippen LogP contribution in [-0.4, -0.2) is 13.7 Å². The number of ether oxygens (including phenoxy) is 1. The van der Waals surface area contributed by atoms with Crippen LogP contribution in [0.1, 0.15) is 36.4 Å². The molecule has 2 heteroatoms. The van der Waals surface area contributed by atoms with Gasteiger partial charge >= 0.3 is 0 Å². The van der Waals surface area contributed by atoms with Crippen molar-refractivity contribution >= 4 is 0 Å². The van der Waals surface area contributed by atoms with Crippen LogP contribution in [-0.2, 0) is 0 Å². The molecule has 21 heavy (non-hydrogen) atoms. The molecule has 0 spiro atoms. The number of benzene rings is 2. The number of hydrogen-bond donors (Lipinski definition) is 1. The standard InChI is InChI=1S/C19H23NO/c1-3-20-19(15-11-7-8-12-18(15)21-2)17-13-16(17)14-9-5-4-6-10-14/h4-12,16-17,19-20H,3,13H2,1-2H3. The Hall–Kier alpha value is -1.80. The van der Waals surface area contributed by atoms with Crippen LogP contribution >= 0.6 is 0 Å². The first-order valence-electron chi connectivity index (χ1n) is 7.76. The lowest BCUT2D eigenvalue weighted by molar-refractivity contribution is 0.391. The maximum Gasteiger partial charge on any atom is 0.123 e. The average molecular weight is 281 g/mol. The normalized spacial score (nSPS) is 21.8. The summed E-state index contributed by atoms with van der Waals surface area (Å²) in [6.07, 6.45) is 1.25. The molecule has 2 aromatic rings. The highest BCUT2D eigenvalue weighted by Crippen LogP contribution is 2.54. The fraction of sp³-hybridized carbons (Fsp3) is 0.368. The molecule has 0 heterocycles. The first-order valence-corrected chi connectivity index (χ1v) is 7.76. The van der Waals surface area contributed by atoms with E-state index in [1.165, 1.54) is 17.5 Å². The fourth-order valence-corrected chi connectivity index (χ4v) is 3.30. The first-order chi connectivity index (χ1) is 10.3. The smallest absolute Gasteiger partial charge is 0.123 e. The van der Waals surface area contributed by atoms with Crippen LogP contribution in [0, 0.1) is 5.92 Å². The second-order valence-electron chi connectivity index (χ2n) is 5.69. The lowest BCUT2D eigenvalue weighted by atomic mass is 9.98. The second kappa shape index (κ2) is 6.31. The summed E-state index contributed by atoms with van der Waals surface area (Å²) in [5.74, 6) is 2.31. The zero-order chi connectivity index (χ0) is 14.7. The predicted molar refractivity (Wildman–Crippen MR) is 86.7 cm³/mol. The Kier molecular flexibility index (Phi) is 4.26. The van der Waals surface area contributed by atoms with Crippen LogP contribution in [0.5, 0.6) is 5.75 Å². The van der Waals surface area contributed by atoms with Gasteiger partial charge in [0.25, 0.3) is 0 Å². The molecule has 1 saturated carbocycles. The highest BCUT2D eigenvalue weighted by molar-refractivity contribution is 5.39. The second-order valence-corrected chi connectivity index (χ2v) is 5.69. The van der Waals surface area contributed by atoms with E-state index in [4.69, 9.17) is 4.74 Å².